The van der Waals surface area contributed by atoms with E-state index in [9.17, 15) is 0 Å². The molecule has 4 nitrogen and oxygen atoms in total. The van der Waals surface area contributed by atoms with Gasteiger partial charge in [0.2, 0.25) is 0 Å². The maximum absolute atomic E-state index is 5.27. The van der Waals surface area contributed by atoms with Crippen molar-refractivity contribution in [3.05, 3.63) is 54.4 Å². The molecule has 20 heavy (non-hydrogen) atoms. The molecule has 4 heteroatoms. The molecule has 1 N–H and O–H groups in total. The lowest BCUT2D eigenvalue weighted by Gasteiger charge is -2.09. The van der Waals surface area contributed by atoms with Crippen LogP contribution in [0.3, 0.4) is 0 Å². The van der Waals surface area contributed by atoms with Crippen molar-refractivity contribution in [2.45, 2.75) is 6.92 Å². The molecule has 2 heterocycles. The number of nitrogens with zero attached hydrogens (tertiary/aromatic N) is 2. The summed E-state index contributed by atoms with van der Waals surface area (Å²) in [6, 6.07) is 11.9. The van der Waals surface area contributed by atoms with E-state index in [1.807, 2.05) is 49.5 Å². The zero-order chi connectivity index (χ0) is 13.9. The van der Waals surface area contributed by atoms with Crippen LogP contribution in [0.1, 0.15) is 5.56 Å². The number of ether oxygens (including phenoxy) is 1. The third-order valence-corrected chi connectivity index (χ3v) is 3.13. The van der Waals surface area contributed by atoms with Crippen molar-refractivity contribution in [3.63, 3.8) is 0 Å². The summed E-state index contributed by atoms with van der Waals surface area (Å²) in [5.41, 5.74) is 1.13. The van der Waals surface area contributed by atoms with Crippen molar-refractivity contribution in [2.24, 2.45) is 0 Å². The molecule has 0 aliphatic heterocycles. The second kappa shape index (κ2) is 5.17. The Bertz CT molecular complexity index is 738. The number of pyridine rings is 2. The van der Waals surface area contributed by atoms with Crippen LogP contribution in [0.15, 0.2) is 48.8 Å². The number of hydrogen-bond acceptors (Lipinski definition) is 4. The molecule has 0 atom stereocenters. The van der Waals surface area contributed by atoms with Gasteiger partial charge in [-0.15, -0.1) is 0 Å². The summed E-state index contributed by atoms with van der Waals surface area (Å²) in [7, 11) is 1.66. The van der Waals surface area contributed by atoms with Gasteiger partial charge in [-0.2, -0.15) is 0 Å². The minimum absolute atomic E-state index is 0.776. The van der Waals surface area contributed by atoms with E-state index in [0.29, 0.717) is 0 Å². The van der Waals surface area contributed by atoms with E-state index in [1.54, 1.807) is 13.3 Å². The van der Waals surface area contributed by atoms with Gasteiger partial charge in [-0.05, 0) is 42.1 Å². The van der Waals surface area contributed by atoms with Crippen molar-refractivity contribution in [1.29, 1.82) is 0 Å². The lowest BCUT2D eigenvalue weighted by molar-refractivity contribution is 0.415. The van der Waals surface area contributed by atoms with E-state index in [1.165, 1.54) is 0 Å². The first-order chi connectivity index (χ1) is 9.76. The summed E-state index contributed by atoms with van der Waals surface area (Å²) >= 11 is 0. The highest BCUT2D eigenvalue weighted by Gasteiger charge is 2.05. The highest BCUT2D eigenvalue weighted by atomic mass is 16.5. The van der Waals surface area contributed by atoms with Crippen LogP contribution in [0.25, 0.3) is 10.8 Å². The average molecular weight is 265 g/mol. The molecule has 0 unspecified atom stereocenters. The van der Waals surface area contributed by atoms with Crippen LogP contribution in [0.2, 0.25) is 0 Å². The average Bonchev–Trinajstić information content (AvgIpc) is 2.49. The van der Waals surface area contributed by atoms with Gasteiger partial charge in [0.25, 0.3) is 0 Å². The number of fused-ring (bicyclic) bond motifs is 1. The number of nitrogens with one attached hydrogen (secondary N) is 1. The van der Waals surface area contributed by atoms with Gasteiger partial charge in [0.05, 0.1) is 7.11 Å². The van der Waals surface area contributed by atoms with Crippen LogP contribution in [0.4, 0.5) is 11.6 Å². The molecule has 0 fully saturated rings. The Hall–Kier alpha value is -2.62. The topological polar surface area (TPSA) is 47.0 Å². The van der Waals surface area contributed by atoms with E-state index in [2.05, 4.69) is 15.3 Å². The number of aryl methyl sites for hydroxylation is 1. The van der Waals surface area contributed by atoms with Crippen molar-refractivity contribution in [2.75, 3.05) is 12.4 Å². The lowest BCUT2D eigenvalue weighted by atomic mass is 10.1. The molecular weight excluding hydrogens is 250 g/mol. The summed E-state index contributed by atoms with van der Waals surface area (Å²) in [4.78, 5) is 8.73. The minimum Gasteiger partial charge on any atom is -0.497 e. The zero-order valence-corrected chi connectivity index (χ0v) is 11.4. The third kappa shape index (κ3) is 2.40. The Morgan fingerprint density at radius 1 is 1.05 bits per heavy atom. The van der Waals surface area contributed by atoms with E-state index in [0.717, 1.165) is 33.7 Å². The van der Waals surface area contributed by atoms with Gasteiger partial charge >= 0.3 is 0 Å². The van der Waals surface area contributed by atoms with Crippen molar-refractivity contribution < 1.29 is 4.74 Å². The Morgan fingerprint density at radius 3 is 2.70 bits per heavy atom. The molecular formula is C16H15N3O. The molecule has 0 spiro atoms. The maximum Gasteiger partial charge on any atom is 0.139 e. The van der Waals surface area contributed by atoms with Crippen LogP contribution in [-0.2, 0) is 0 Å². The molecule has 100 valence electrons. The number of aromatic nitrogens is 2. The van der Waals surface area contributed by atoms with Crippen LogP contribution < -0.4 is 10.1 Å². The predicted molar refractivity (Wildman–Crippen MR) is 80.6 cm³/mol. The minimum atomic E-state index is 0.776. The Labute approximate surface area is 117 Å². The van der Waals surface area contributed by atoms with Gasteiger partial charge in [-0.1, -0.05) is 12.1 Å². The molecule has 0 amide bonds. The fraction of sp³-hybridized carbons (Fsp3) is 0.125. The maximum atomic E-state index is 5.27. The fourth-order valence-corrected chi connectivity index (χ4v) is 2.04. The molecule has 0 aliphatic rings. The summed E-state index contributed by atoms with van der Waals surface area (Å²) in [6.07, 6.45) is 3.61. The fourth-order valence-electron chi connectivity index (χ4n) is 2.04. The summed E-state index contributed by atoms with van der Waals surface area (Å²) in [5.74, 6) is 2.36. The standard InChI is InChI=1S/C16H15N3O/c1-11-3-6-15(18-10-11)19-16-14-9-13(20-2)5-4-12(14)7-8-17-16/h3-10H,1-2H3,(H,17,18,19). The SMILES string of the molecule is COc1ccc2ccnc(Nc3ccc(C)cn3)c2c1. The van der Waals surface area contributed by atoms with E-state index in [4.69, 9.17) is 4.74 Å². The monoisotopic (exact) mass is 265 g/mol. The normalized spacial score (nSPS) is 10.5. The van der Waals surface area contributed by atoms with E-state index < -0.39 is 0 Å². The van der Waals surface area contributed by atoms with Gasteiger partial charge in [0, 0.05) is 17.8 Å². The molecule has 0 saturated heterocycles. The second-order valence-electron chi connectivity index (χ2n) is 4.59. The number of rotatable bonds is 3. The van der Waals surface area contributed by atoms with Gasteiger partial charge in [0.15, 0.2) is 0 Å². The van der Waals surface area contributed by atoms with Crippen LogP contribution >= 0.6 is 0 Å². The smallest absolute Gasteiger partial charge is 0.139 e. The summed E-state index contributed by atoms with van der Waals surface area (Å²) in [5, 5.41) is 5.36. The molecule has 0 bridgehead atoms. The highest BCUT2D eigenvalue weighted by Crippen LogP contribution is 2.27. The second-order valence-corrected chi connectivity index (χ2v) is 4.59. The number of hydrogen-bond donors (Lipinski definition) is 1. The summed E-state index contributed by atoms with van der Waals surface area (Å²) in [6.45, 7) is 2.01. The largest absolute Gasteiger partial charge is 0.497 e. The van der Waals surface area contributed by atoms with Gasteiger partial charge in [-0.25, -0.2) is 9.97 Å². The molecule has 1 aromatic carbocycles. The number of methoxy groups -OCH3 is 1. The number of benzene rings is 1. The Morgan fingerprint density at radius 2 is 1.95 bits per heavy atom. The van der Waals surface area contributed by atoms with Crippen molar-refractivity contribution in [1.82, 2.24) is 9.97 Å². The van der Waals surface area contributed by atoms with Crippen LogP contribution in [0, 0.1) is 6.92 Å². The lowest BCUT2D eigenvalue weighted by Crippen LogP contribution is -1.97. The summed E-state index contributed by atoms with van der Waals surface area (Å²) < 4.78 is 5.27. The first-order valence-electron chi connectivity index (χ1n) is 6.39. The molecule has 0 saturated carbocycles. The van der Waals surface area contributed by atoms with Gasteiger partial charge < -0.3 is 10.1 Å². The van der Waals surface area contributed by atoms with E-state index >= 15 is 0 Å². The molecule has 0 aliphatic carbocycles. The molecule has 0 radical (unpaired) electrons. The molecule has 3 aromatic rings. The van der Waals surface area contributed by atoms with E-state index in [-0.39, 0.29) is 0 Å². The first kappa shape index (κ1) is 12.4. The van der Waals surface area contributed by atoms with Crippen LogP contribution in [-0.4, -0.2) is 17.1 Å². The quantitative estimate of drug-likeness (QED) is 0.784. The third-order valence-electron chi connectivity index (χ3n) is 3.13. The number of anilines is 2. The van der Waals surface area contributed by atoms with Gasteiger partial charge in [-0.3, -0.25) is 0 Å². The highest BCUT2D eigenvalue weighted by molar-refractivity contribution is 5.93. The van der Waals surface area contributed by atoms with Crippen molar-refractivity contribution in [3.8, 4) is 5.75 Å². The van der Waals surface area contributed by atoms with Crippen LogP contribution in [0.5, 0.6) is 5.75 Å². The first-order valence-corrected chi connectivity index (χ1v) is 6.39. The van der Waals surface area contributed by atoms with Gasteiger partial charge in [0.1, 0.15) is 17.4 Å². The Balaban J connectivity index is 2.04. The van der Waals surface area contributed by atoms with Crippen molar-refractivity contribution >= 4 is 22.4 Å². The zero-order valence-electron chi connectivity index (χ0n) is 11.4. The predicted octanol–water partition coefficient (Wildman–Crippen LogP) is 3.69. The molecule has 3 rings (SSSR count). The molecule has 2 aromatic heterocycles. The Kier molecular flexibility index (Phi) is 3.21.